The summed E-state index contributed by atoms with van der Waals surface area (Å²) < 4.78 is 35.8. The van der Waals surface area contributed by atoms with E-state index in [-0.39, 0.29) is 12.4 Å². The van der Waals surface area contributed by atoms with Gasteiger partial charge in [-0.3, -0.25) is 4.98 Å². The topological polar surface area (TPSA) is 31.4 Å². The summed E-state index contributed by atoms with van der Waals surface area (Å²) in [5, 5.41) is 0. The fourth-order valence-electron chi connectivity index (χ4n) is 1.53. The van der Waals surface area contributed by atoms with Crippen LogP contribution < -0.4 is 9.47 Å². The minimum atomic E-state index is -2.53. The van der Waals surface area contributed by atoms with Crippen LogP contribution in [-0.2, 0) is 6.61 Å². The second-order valence-electron chi connectivity index (χ2n) is 3.92. The molecule has 0 N–H and O–H groups in total. The molecular weight excluding hydrogens is 332 g/mol. The highest BCUT2D eigenvalue weighted by molar-refractivity contribution is 9.10. The van der Waals surface area contributed by atoms with Gasteiger partial charge in [0.1, 0.15) is 13.2 Å². The fourth-order valence-corrected chi connectivity index (χ4v) is 2.00. The maximum Gasteiger partial charge on any atom is 0.272 e. The largest absolute Gasteiger partial charge is 0.484 e. The molecule has 0 fully saturated rings. The molecule has 0 saturated carbocycles. The summed E-state index contributed by atoms with van der Waals surface area (Å²) in [6, 6.07) is 8.71. The van der Waals surface area contributed by atoms with E-state index in [2.05, 4.69) is 20.9 Å². The zero-order valence-corrected chi connectivity index (χ0v) is 12.0. The van der Waals surface area contributed by atoms with Crippen LogP contribution in [0.1, 0.15) is 5.56 Å². The number of hydrogen-bond acceptors (Lipinski definition) is 3. The summed E-state index contributed by atoms with van der Waals surface area (Å²) in [6.45, 7) is -0.388. The fraction of sp³-hybridized carbons (Fsp3) is 0.214. The molecule has 0 bridgehead atoms. The molecule has 1 aromatic carbocycles. The molecule has 0 atom stereocenters. The molecule has 2 aromatic rings. The first-order valence-corrected chi connectivity index (χ1v) is 6.67. The third-order valence-corrected chi connectivity index (χ3v) is 3.03. The van der Waals surface area contributed by atoms with Crippen LogP contribution in [0.2, 0.25) is 0 Å². The molecule has 1 aromatic heterocycles. The summed E-state index contributed by atoms with van der Waals surface area (Å²) in [7, 11) is 0. The summed E-state index contributed by atoms with van der Waals surface area (Å²) in [6.07, 6.45) is 0.815. The number of rotatable bonds is 6. The number of para-hydroxylation sites is 1. The summed E-state index contributed by atoms with van der Waals surface area (Å²) >= 11 is 3.32. The number of aromatic nitrogens is 1. The second kappa shape index (κ2) is 7.19. The van der Waals surface area contributed by atoms with Crippen molar-refractivity contribution < 1.29 is 18.3 Å². The molecule has 3 nitrogen and oxygen atoms in total. The minimum absolute atomic E-state index is 0.279. The van der Waals surface area contributed by atoms with Gasteiger partial charge in [-0.05, 0) is 34.1 Å². The quantitative estimate of drug-likeness (QED) is 0.792. The van der Waals surface area contributed by atoms with Gasteiger partial charge < -0.3 is 9.47 Å². The van der Waals surface area contributed by atoms with Crippen LogP contribution in [0.5, 0.6) is 11.5 Å². The number of alkyl halides is 2. The predicted octanol–water partition coefficient (Wildman–Crippen LogP) is 4.07. The lowest BCUT2D eigenvalue weighted by molar-refractivity contribution is 0.0797. The van der Waals surface area contributed by atoms with Gasteiger partial charge in [0.15, 0.2) is 11.5 Å². The van der Waals surface area contributed by atoms with Crippen LogP contribution in [0.4, 0.5) is 8.78 Å². The van der Waals surface area contributed by atoms with E-state index in [1.807, 2.05) is 6.07 Å². The lowest BCUT2D eigenvalue weighted by Crippen LogP contribution is -2.08. The summed E-state index contributed by atoms with van der Waals surface area (Å²) in [5.41, 5.74) is 0.878. The lowest BCUT2D eigenvalue weighted by Gasteiger charge is -2.14. The van der Waals surface area contributed by atoms with E-state index < -0.39 is 13.0 Å². The first-order valence-electron chi connectivity index (χ1n) is 5.88. The third-order valence-electron chi connectivity index (χ3n) is 2.40. The van der Waals surface area contributed by atoms with Crippen molar-refractivity contribution in [1.82, 2.24) is 4.98 Å². The van der Waals surface area contributed by atoms with E-state index >= 15 is 0 Å². The van der Waals surface area contributed by atoms with E-state index in [0.717, 1.165) is 5.56 Å². The molecule has 0 aliphatic heterocycles. The smallest absolute Gasteiger partial charge is 0.272 e. The molecule has 0 aliphatic carbocycles. The third kappa shape index (κ3) is 4.16. The zero-order chi connectivity index (χ0) is 14.4. The number of benzene rings is 1. The number of nitrogens with zero attached hydrogens (tertiary/aromatic N) is 1. The summed E-state index contributed by atoms with van der Waals surface area (Å²) in [4.78, 5) is 3.98. The van der Waals surface area contributed by atoms with Crippen LogP contribution in [0.25, 0.3) is 0 Å². The van der Waals surface area contributed by atoms with E-state index in [1.165, 1.54) is 0 Å². The first kappa shape index (κ1) is 14.7. The van der Waals surface area contributed by atoms with Crippen LogP contribution in [0, 0.1) is 0 Å². The monoisotopic (exact) mass is 343 g/mol. The van der Waals surface area contributed by atoms with E-state index in [0.29, 0.717) is 10.2 Å². The van der Waals surface area contributed by atoms with Crippen molar-refractivity contribution in [3.63, 3.8) is 0 Å². The van der Waals surface area contributed by atoms with Crippen LogP contribution in [0.15, 0.2) is 47.2 Å². The molecule has 2 rings (SSSR count). The molecule has 0 saturated heterocycles. The van der Waals surface area contributed by atoms with Gasteiger partial charge >= 0.3 is 0 Å². The van der Waals surface area contributed by atoms with Crippen molar-refractivity contribution in [2.75, 3.05) is 6.61 Å². The van der Waals surface area contributed by atoms with E-state index in [1.54, 1.807) is 36.7 Å². The molecule has 20 heavy (non-hydrogen) atoms. The molecular formula is C14H12BrF2NO2. The average molecular weight is 344 g/mol. The minimum Gasteiger partial charge on any atom is -0.484 e. The van der Waals surface area contributed by atoms with Crippen molar-refractivity contribution in [1.29, 1.82) is 0 Å². The normalized spacial score (nSPS) is 10.6. The Morgan fingerprint density at radius 3 is 2.70 bits per heavy atom. The Labute approximate surface area is 123 Å². The van der Waals surface area contributed by atoms with Crippen molar-refractivity contribution in [3.05, 3.63) is 52.8 Å². The van der Waals surface area contributed by atoms with Gasteiger partial charge in [-0.15, -0.1) is 0 Å². The van der Waals surface area contributed by atoms with Gasteiger partial charge in [0, 0.05) is 18.0 Å². The standard InChI is InChI=1S/C14H12BrF2NO2/c15-11-4-1-5-12(19-9-13(16)17)14(11)20-8-10-3-2-6-18-7-10/h1-7,13H,8-9H2. The van der Waals surface area contributed by atoms with Crippen molar-refractivity contribution in [2.45, 2.75) is 13.0 Å². The number of pyridine rings is 1. The molecule has 0 spiro atoms. The maximum atomic E-state index is 12.2. The Morgan fingerprint density at radius 2 is 2.00 bits per heavy atom. The van der Waals surface area contributed by atoms with Crippen molar-refractivity contribution in [2.24, 2.45) is 0 Å². The Balaban J connectivity index is 2.09. The molecule has 0 radical (unpaired) electrons. The molecule has 1 heterocycles. The second-order valence-corrected chi connectivity index (χ2v) is 4.77. The number of halogens is 3. The van der Waals surface area contributed by atoms with Crippen LogP contribution in [0.3, 0.4) is 0 Å². The van der Waals surface area contributed by atoms with Crippen LogP contribution in [-0.4, -0.2) is 18.0 Å². The Hall–Kier alpha value is -1.69. The highest BCUT2D eigenvalue weighted by Gasteiger charge is 2.12. The van der Waals surface area contributed by atoms with Crippen molar-refractivity contribution >= 4 is 15.9 Å². The molecule has 0 aliphatic rings. The highest BCUT2D eigenvalue weighted by Crippen LogP contribution is 2.35. The Bertz CT molecular complexity index is 552. The number of ether oxygens (including phenoxy) is 2. The zero-order valence-electron chi connectivity index (χ0n) is 10.4. The Kier molecular flexibility index (Phi) is 5.29. The van der Waals surface area contributed by atoms with Gasteiger partial charge in [-0.25, -0.2) is 8.78 Å². The molecule has 106 valence electrons. The van der Waals surface area contributed by atoms with E-state index in [4.69, 9.17) is 9.47 Å². The Morgan fingerprint density at radius 1 is 1.15 bits per heavy atom. The van der Waals surface area contributed by atoms with Gasteiger partial charge in [0.25, 0.3) is 6.43 Å². The maximum absolute atomic E-state index is 12.2. The molecule has 0 unspecified atom stereocenters. The summed E-state index contributed by atoms with van der Waals surface area (Å²) in [5.74, 6) is 0.681. The van der Waals surface area contributed by atoms with Gasteiger partial charge in [-0.2, -0.15) is 0 Å². The highest BCUT2D eigenvalue weighted by atomic mass is 79.9. The SMILES string of the molecule is FC(F)COc1cccc(Br)c1OCc1cccnc1. The first-order chi connectivity index (χ1) is 9.66. The van der Waals surface area contributed by atoms with Gasteiger partial charge in [0.05, 0.1) is 4.47 Å². The van der Waals surface area contributed by atoms with Gasteiger partial charge in [-0.1, -0.05) is 12.1 Å². The molecule has 6 heteroatoms. The van der Waals surface area contributed by atoms with Gasteiger partial charge in [0.2, 0.25) is 0 Å². The molecule has 0 amide bonds. The lowest BCUT2D eigenvalue weighted by atomic mass is 10.3. The average Bonchev–Trinajstić information content (AvgIpc) is 2.45. The predicted molar refractivity (Wildman–Crippen MR) is 74.2 cm³/mol. The number of hydrogen-bond donors (Lipinski definition) is 0. The van der Waals surface area contributed by atoms with Crippen molar-refractivity contribution in [3.8, 4) is 11.5 Å². The van der Waals surface area contributed by atoms with E-state index in [9.17, 15) is 8.78 Å². The van der Waals surface area contributed by atoms with Crippen LogP contribution >= 0.6 is 15.9 Å².